The predicted octanol–water partition coefficient (Wildman–Crippen LogP) is 2.88. The van der Waals surface area contributed by atoms with Crippen LogP contribution in [0.1, 0.15) is 28.8 Å². The van der Waals surface area contributed by atoms with Gasteiger partial charge in [0.2, 0.25) is 5.91 Å². The summed E-state index contributed by atoms with van der Waals surface area (Å²) in [5, 5.41) is 14.8. The normalized spacial score (nSPS) is 13.8. The molecule has 3 rings (SSSR count). The van der Waals surface area contributed by atoms with Crippen molar-refractivity contribution < 1.29 is 19.5 Å². The molecule has 0 bridgehead atoms. The maximum absolute atomic E-state index is 12.3. The Labute approximate surface area is 157 Å². The summed E-state index contributed by atoms with van der Waals surface area (Å²) in [5.41, 5.74) is 2.16. The molecule has 27 heavy (non-hydrogen) atoms. The zero-order valence-corrected chi connectivity index (χ0v) is 14.8. The molecular weight excluding hydrogens is 346 g/mol. The fourth-order valence-electron chi connectivity index (χ4n) is 3.05. The zero-order chi connectivity index (χ0) is 19.2. The molecule has 2 aromatic carbocycles. The molecule has 140 valence electrons. The van der Waals surface area contributed by atoms with Gasteiger partial charge in [0.1, 0.15) is 0 Å². The average Bonchev–Trinajstić information content (AvgIpc) is 2.67. The van der Waals surface area contributed by atoms with Crippen LogP contribution in [0.4, 0.5) is 16.2 Å². The van der Waals surface area contributed by atoms with E-state index < -0.39 is 5.97 Å². The summed E-state index contributed by atoms with van der Waals surface area (Å²) in [6, 6.07) is 13.6. The second-order valence-electron chi connectivity index (χ2n) is 6.30. The Bertz CT molecular complexity index is 866. The van der Waals surface area contributed by atoms with Gasteiger partial charge >= 0.3 is 12.0 Å². The summed E-state index contributed by atoms with van der Waals surface area (Å²) in [4.78, 5) is 37.1. The lowest BCUT2D eigenvalue weighted by molar-refractivity contribution is -0.116. The van der Waals surface area contributed by atoms with Crippen molar-refractivity contribution in [2.24, 2.45) is 0 Å². The van der Waals surface area contributed by atoms with Gasteiger partial charge in [0.25, 0.3) is 0 Å². The van der Waals surface area contributed by atoms with E-state index in [0.29, 0.717) is 30.8 Å². The lowest BCUT2D eigenvalue weighted by Crippen LogP contribution is -2.46. The molecule has 1 aliphatic heterocycles. The monoisotopic (exact) mass is 367 g/mol. The summed E-state index contributed by atoms with van der Waals surface area (Å²) in [6.07, 6.45) is 1.37. The van der Waals surface area contributed by atoms with Crippen molar-refractivity contribution in [3.63, 3.8) is 0 Å². The first kappa shape index (κ1) is 18.4. The number of rotatable bonds is 6. The minimum atomic E-state index is -1.00. The highest BCUT2D eigenvalue weighted by Gasteiger charge is 2.19. The van der Waals surface area contributed by atoms with E-state index in [1.54, 1.807) is 41.3 Å². The standard InChI is InChI=1S/C20H21N3O4/c24-18(10-9-14-5-1-2-8-17(14)19(25)26)22-15-6-3-7-16(13-15)23-12-4-11-21-20(23)27/h1-3,5-8,13H,4,9-12H2,(H,21,27)(H,22,24)(H,25,26). The molecule has 2 aromatic rings. The molecule has 0 radical (unpaired) electrons. The maximum Gasteiger partial charge on any atom is 0.335 e. The molecular formula is C20H21N3O4. The number of amides is 3. The number of aromatic carboxylic acids is 1. The summed E-state index contributed by atoms with van der Waals surface area (Å²) >= 11 is 0. The highest BCUT2D eigenvalue weighted by atomic mass is 16.4. The van der Waals surface area contributed by atoms with Crippen molar-refractivity contribution in [1.29, 1.82) is 0 Å². The highest BCUT2D eigenvalue weighted by Crippen LogP contribution is 2.21. The number of benzene rings is 2. The first-order chi connectivity index (χ1) is 13.0. The molecule has 0 atom stereocenters. The van der Waals surface area contributed by atoms with Gasteiger partial charge in [-0.05, 0) is 42.7 Å². The van der Waals surface area contributed by atoms with Crippen LogP contribution in [0.3, 0.4) is 0 Å². The van der Waals surface area contributed by atoms with E-state index in [4.69, 9.17) is 0 Å². The summed E-state index contributed by atoms with van der Waals surface area (Å²) in [5.74, 6) is -1.21. The number of hydrogen-bond acceptors (Lipinski definition) is 3. The zero-order valence-electron chi connectivity index (χ0n) is 14.8. The molecule has 7 nitrogen and oxygen atoms in total. The number of nitrogens with zero attached hydrogens (tertiary/aromatic N) is 1. The van der Waals surface area contributed by atoms with E-state index in [9.17, 15) is 19.5 Å². The van der Waals surface area contributed by atoms with Gasteiger partial charge in [-0.1, -0.05) is 24.3 Å². The molecule has 0 saturated carbocycles. The molecule has 1 heterocycles. The third kappa shape index (κ3) is 4.63. The molecule has 1 saturated heterocycles. The maximum atomic E-state index is 12.3. The van der Waals surface area contributed by atoms with Crippen LogP contribution in [-0.4, -0.2) is 36.1 Å². The van der Waals surface area contributed by atoms with Crippen LogP contribution in [0.2, 0.25) is 0 Å². The van der Waals surface area contributed by atoms with Gasteiger partial charge in [-0.15, -0.1) is 0 Å². The topological polar surface area (TPSA) is 98.7 Å². The van der Waals surface area contributed by atoms with Crippen LogP contribution in [-0.2, 0) is 11.2 Å². The van der Waals surface area contributed by atoms with Crippen molar-refractivity contribution in [1.82, 2.24) is 5.32 Å². The fraction of sp³-hybridized carbons (Fsp3) is 0.250. The van der Waals surface area contributed by atoms with Crippen LogP contribution in [0.5, 0.6) is 0 Å². The number of carboxylic acids is 1. The van der Waals surface area contributed by atoms with Gasteiger partial charge in [0.05, 0.1) is 5.56 Å². The number of hydrogen-bond donors (Lipinski definition) is 3. The quantitative estimate of drug-likeness (QED) is 0.731. The molecule has 3 amide bonds. The second-order valence-corrected chi connectivity index (χ2v) is 6.30. The van der Waals surface area contributed by atoms with E-state index in [-0.39, 0.29) is 23.9 Å². The van der Waals surface area contributed by atoms with Crippen molar-refractivity contribution in [3.05, 3.63) is 59.7 Å². The third-order valence-electron chi connectivity index (χ3n) is 4.39. The number of nitrogens with one attached hydrogen (secondary N) is 2. The third-order valence-corrected chi connectivity index (χ3v) is 4.39. The smallest absolute Gasteiger partial charge is 0.335 e. The Morgan fingerprint density at radius 2 is 1.96 bits per heavy atom. The largest absolute Gasteiger partial charge is 0.478 e. The second kappa shape index (κ2) is 8.35. The number of aryl methyl sites for hydroxylation is 1. The number of urea groups is 1. The van der Waals surface area contributed by atoms with Crippen LogP contribution in [0, 0.1) is 0 Å². The van der Waals surface area contributed by atoms with Crippen LogP contribution in [0.15, 0.2) is 48.5 Å². The fourth-order valence-corrected chi connectivity index (χ4v) is 3.05. The first-order valence-electron chi connectivity index (χ1n) is 8.81. The SMILES string of the molecule is O=C(CCc1ccccc1C(=O)O)Nc1cccc(N2CCCNC2=O)c1. The van der Waals surface area contributed by atoms with Gasteiger partial charge in [-0.25, -0.2) is 9.59 Å². The van der Waals surface area contributed by atoms with Crippen molar-refractivity contribution in [3.8, 4) is 0 Å². The molecule has 1 aliphatic rings. The molecule has 0 aliphatic carbocycles. The Morgan fingerprint density at radius 1 is 1.15 bits per heavy atom. The lowest BCUT2D eigenvalue weighted by atomic mass is 10.0. The molecule has 0 unspecified atom stereocenters. The molecule has 3 N–H and O–H groups in total. The lowest BCUT2D eigenvalue weighted by Gasteiger charge is -2.27. The van der Waals surface area contributed by atoms with Gasteiger partial charge in [-0.2, -0.15) is 0 Å². The van der Waals surface area contributed by atoms with Crippen LogP contribution in [0.25, 0.3) is 0 Å². The van der Waals surface area contributed by atoms with E-state index in [1.807, 2.05) is 6.07 Å². The first-order valence-corrected chi connectivity index (χ1v) is 8.81. The van der Waals surface area contributed by atoms with Gasteiger partial charge in [-0.3, -0.25) is 9.69 Å². The number of carbonyl (C=O) groups excluding carboxylic acids is 2. The Kier molecular flexibility index (Phi) is 5.71. The molecule has 7 heteroatoms. The minimum Gasteiger partial charge on any atom is -0.478 e. The van der Waals surface area contributed by atoms with Crippen molar-refractivity contribution >= 4 is 29.3 Å². The van der Waals surface area contributed by atoms with Crippen LogP contribution >= 0.6 is 0 Å². The molecule has 1 fully saturated rings. The number of carboxylic acid groups (broad SMARTS) is 1. The van der Waals surface area contributed by atoms with E-state index in [2.05, 4.69) is 10.6 Å². The van der Waals surface area contributed by atoms with Crippen molar-refractivity contribution in [2.45, 2.75) is 19.3 Å². The average molecular weight is 367 g/mol. The van der Waals surface area contributed by atoms with Crippen molar-refractivity contribution in [2.75, 3.05) is 23.3 Å². The predicted molar refractivity (Wildman–Crippen MR) is 102 cm³/mol. The summed E-state index contributed by atoms with van der Waals surface area (Å²) in [7, 11) is 0. The van der Waals surface area contributed by atoms with E-state index >= 15 is 0 Å². The van der Waals surface area contributed by atoms with Crippen LogP contribution < -0.4 is 15.5 Å². The highest BCUT2D eigenvalue weighted by molar-refractivity contribution is 5.95. The van der Waals surface area contributed by atoms with Gasteiger partial charge < -0.3 is 15.7 Å². The Balaban J connectivity index is 1.62. The molecule has 0 aromatic heterocycles. The molecule has 0 spiro atoms. The van der Waals surface area contributed by atoms with E-state index in [1.165, 1.54) is 6.07 Å². The Hall–Kier alpha value is -3.35. The summed E-state index contributed by atoms with van der Waals surface area (Å²) in [6.45, 7) is 1.30. The number of carbonyl (C=O) groups is 3. The van der Waals surface area contributed by atoms with Gasteiger partial charge in [0.15, 0.2) is 0 Å². The van der Waals surface area contributed by atoms with E-state index in [0.717, 1.165) is 12.1 Å². The Morgan fingerprint density at radius 3 is 2.74 bits per heavy atom. The van der Waals surface area contributed by atoms with Gasteiger partial charge in [0, 0.05) is 30.9 Å². The minimum absolute atomic E-state index is 0.144. The number of anilines is 2. The summed E-state index contributed by atoms with van der Waals surface area (Å²) < 4.78 is 0.